The summed E-state index contributed by atoms with van der Waals surface area (Å²) in [5, 5.41) is 0. The van der Waals surface area contributed by atoms with E-state index in [4.69, 9.17) is 10.5 Å². The molecule has 1 rings (SSSR count). The number of ether oxygens (including phenoxy) is 2. The highest BCUT2D eigenvalue weighted by atomic mass is 16.5. The van der Waals surface area contributed by atoms with Gasteiger partial charge >= 0.3 is 5.97 Å². The first-order chi connectivity index (χ1) is 7.17. The van der Waals surface area contributed by atoms with E-state index in [0.29, 0.717) is 11.4 Å². The lowest BCUT2D eigenvalue weighted by atomic mass is 10.2. The van der Waals surface area contributed by atoms with Gasteiger partial charge in [-0.15, -0.1) is 0 Å². The molecular weight excluding hydrogens is 194 g/mol. The Morgan fingerprint density at radius 3 is 2.73 bits per heavy atom. The Morgan fingerprint density at radius 2 is 2.13 bits per heavy atom. The summed E-state index contributed by atoms with van der Waals surface area (Å²) < 4.78 is 9.51. The molecule has 1 aromatic rings. The van der Waals surface area contributed by atoms with Crippen molar-refractivity contribution in [3.63, 3.8) is 0 Å². The number of nitrogens with two attached hydrogens (primary N) is 1. The van der Waals surface area contributed by atoms with Gasteiger partial charge in [0.25, 0.3) is 0 Å². The molecule has 0 aliphatic rings. The Bertz CT molecular complexity index is 385. The number of hydrogen-bond donors (Lipinski definition) is 1. The van der Waals surface area contributed by atoms with E-state index in [1.54, 1.807) is 31.4 Å². The van der Waals surface area contributed by atoms with Crippen molar-refractivity contribution in [3.8, 4) is 5.75 Å². The molecule has 0 unspecified atom stereocenters. The van der Waals surface area contributed by atoms with Crippen molar-refractivity contribution in [3.05, 3.63) is 29.8 Å². The van der Waals surface area contributed by atoms with Crippen molar-refractivity contribution in [2.45, 2.75) is 0 Å². The molecule has 0 aromatic heterocycles. The zero-order valence-electron chi connectivity index (χ0n) is 8.69. The van der Waals surface area contributed by atoms with Gasteiger partial charge in [0.05, 0.1) is 19.9 Å². The SMILES string of the molecule is COC(=O)/C=C/c1ccc(N)c(OC)c1. The summed E-state index contributed by atoms with van der Waals surface area (Å²) >= 11 is 0. The van der Waals surface area contributed by atoms with Gasteiger partial charge in [0.1, 0.15) is 5.75 Å². The lowest BCUT2D eigenvalue weighted by molar-refractivity contribution is -0.134. The van der Waals surface area contributed by atoms with Gasteiger partial charge in [-0.25, -0.2) is 4.79 Å². The second-order valence-electron chi connectivity index (χ2n) is 2.86. The topological polar surface area (TPSA) is 61.5 Å². The number of nitrogen functional groups attached to an aromatic ring is 1. The molecule has 0 bridgehead atoms. The van der Waals surface area contributed by atoms with E-state index in [1.807, 2.05) is 0 Å². The number of carbonyl (C=O) groups is 1. The molecule has 80 valence electrons. The Hall–Kier alpha value is -1.97. The Kier molecular flexibility index (Phi) is 3.74. The summed E-state index contributed by atoms with van der Waals surface area (Å²) in [6, 6.07) is 5.25. The Labute approximate surface area is 88.3 Å². The predicted molar refractivity (Wildman–Crippen MR) is 58.5 cm³/mol. The van der Waals surface area contributed by atoms with Crippen LogP contribution in [0.15, 0.2) is 24.3 Å². The van der Waals surface area contributed by atoms with E-state index in [2.05, 4.69) is 4.74 Å². The first-order valence-corrected chi connectivity index (χ1v) is 4.37. The lowest BCUT2D eigenvalue weighted by Gasteiger charge is -2.04. The van der Waals surface area contributed by atoms with Crippen molar-refractivity contribution in [2.24, 2.45) is 0 Å². The molecule has 0 heterocycles. The number of rotatable bonds is 3. The van der Waals surface area contributed by atoms with Crippen LogP contribution < -0.4 is 10.5 Å². The monoisotopic (exact) mass is 207 g/mol. The summed E-state index contributed by atoms with van der Waals surface area (Å²) in [5.41, 5.74) is 7.03. The molecular formula is C11H13NO3. The van der Waals surface area contributed by atoms with E-state index < -0.39 is 5.97 Å². The van der Waals surface area contributed by atoms with Crippen molar-refractivity contribution < 1.29 is 14.3 Å². The molecule has 0 atom stereocenters. The minimum absolute atomic E-state index is 0.397. The van der Waals surface area contributed by atoms with Crippen molar-refractivity contribution in [2.75, 3.05) is 20.0 Å². The normalized spacial score (nSPS) is 10.3. The van der Waals surface area contributed by atoms with Gasteiger partial charge in [0, 0.05) is 6.08 Å². The first-order valence-electron chi connectivity index (χ1n) is 4.37. The highest BCUT2D eigenvalue weighted by Crippen LogP contribution is 2.22. The van der Waals surface area contributed by atoms with Crippen LogP contribution in [0.2, 0.25) is 0 Å². The van der Waals surface area contributed by atoms with Crippen LogP contribution in [0.3, 0.4) is 0 Å². The van der Waals surface area contributed by atoms with Crippen LogP contribution in [-0.2, 0) is 9.53 Å². The molecule has 0 radical (unpaired) electrons. The molecule has 4 heteroatoms. The number of anilines is 1. The molecule has 0 aliphatic carbocycles. The molecule has 0 spiro atoms. The van der Waals surface area contributed by atoms with E-state index in [-0.39, 0.29) is 0 Å². The lowest BCUT2D eigenvalue weighted by Crippen LogP contribution is -1.94. The van der Waals surface area contributed by atoms with Gasteiger partial charge in [-0.2, -0.15) is 0 Å². The fourth-order valence-electron chi connectivity index (χ4n) is 1.06. The van der Waals surface area contributed by atoms with Crippen LogP contribution in [0.1, 0.15) is 5.56 Å². The van der Waals surface area contributed by atoms with Gasteiger partial charge in [-0.05, 0) is 23.8 Å². The van der Waals surface area contributed by atoms with Gasteiger partial charge in [-0.3, -0.25) is 0 Å². The van der Waals surface area contributed by atoms with Crippen LogP contribution in [0.25, 0.3) is 6.08 Å². The number of methoxy groups -OCH3 is 2. The molecule has 0 saturated heterocycles. The van der Waals surface area contributed by atoms with Gasteiger partial charge < -0.3 is 15.2 Å². The maximum absolute atomic E-state index is 10.8. The Morgan fingerprint density at radius 1 is 1.40 bits per heavy atom. The Balaban J connectivity index is 2.87. The minimum atomic E-state index is -0.397. The number of hydrogen-bond acceptors (Lipinski definition) is 4. The van der Waals surface area contributed by atoms with Crippen molar-refractivity contribution in [1.82, 2.24) is 0 Å². The summed E-state index contributed by atoms with van der Waals surface area (Å²) in [7, 11) is 2.87. The third-order valence-corrected chi connectivity index (χ3v) is 1.87. The third kappa shape index (κ3) is 3.02. The van der Waals surface area contributed by atoms with Crippen LogP contribution in [-0.4, -0.2) is 20.2 Å². The smallest absolute Gasteiger partial charge is 0.330 e. The largest absolute Gasteiger partial charge is 0.495 e. The molecule has 2 N–H and O–H groups in total. The summed E-state index contributed by atoms with van der Waals surface area (Å²) in [6.45, 7) is 0. The maximum Gasteiger partial charge on any atom is 0.330 e. The summed E-state index contributed by atoms with van der Waals surface area (Å²) in [5.74, 6) is 0.188. The fraction of sp³-hybridized carbons (Fsp3) is 0.182. The van der Waals surface area contributed by atoms with Crippen LogP contribution in [0.5, 0.6) is 5.75 Å². The zero-order chi connectivity index (χ0) is 11.3. The van der Waals surface area contributed by atoms with E-state index in [1.165, 1.54) is 13.2 Å². The second kappa shape index (κ2) is 5.05. The van der Waals surface area contributed by atoms with E-state index >= 15 is 0 Å². The van der Waals surface area contributed by atoms with Gasteiger partial charge in [0.2, 0.25) is 0 Å². The average Bonchev–Trinajstić information content (AvgIpc) is 2.27. The molecule has 0 amide bonds. The maximum atomic E-state index is 10.8. The van der Waals surface area contributed by atoms with E-state index in [9.17, 15) is 4.79 Å². The average molecular weight is 207 g/mol. The zero-order valence-corrected chi connectivity index (χ0v) is 8.69. The summed E-state index contributed by atoms with van der Waals surface area (Å²) in [4.78, 5) is 10.8. The number of benzene rings is 1. The molecule has 1 aromatic carbocycles. The van der Waals surface area contributed by atoms with Crippen LogP contribution in [0.4, 0.5) is 5.69 Å². The highest BCUT2D eigenvalue weighted by Gasteiger charge is 1.99. The second-order valence-corrected chi connectivity index (χ2v) is 2.86. The minimum Gasteiger partial charge on any atom is -0.495 e. The molecule has 0 saturated carbocycles. The quantitative estimate of drug-likeness (QED) is 0.463. The van der Waals surface area contributed by atoms with Gasteiger partial charge in [0.15, 0.2) is 0 Å². The fourth-order valence-corrected chi connectivity index (χ4v) is 1.06. The number of esters is 1. The standard InChI is InChI=1S/C11H13NO3/c1-14-10-7-8(3-5-9(10)12)4-6-11(13)15-2/h3-7H,12H2,1-2H3/b6-4+. The van der Waals surface area contributed by atoms with Crippen LogP contribution >= 0.6 is 0 Å². The first kappa shape index (κ1) is 11.1. The summed E-state index contributed by atoms with van der Waals surface area (Å²) in [6.07, 6.45) is 2.97. The molecule has 15 heavy (non-hydrogen) atoms. The van der Waals surface area contributed by atoms with Crippen molar-refractivity contribution in [1.29, 1.82) is 0 Å². The van der Waals surface area contributed by atoms with Crippen LogP contribution in [0, 0.1) is 0 Å². The van der Waals surface area contributed by atoms with Gasteiger partial charge in [-0.1, -0.05) is 6.07 Å². The molecule has 0 aliphatic heterocycles. The molecule has 4 nitrogen and oxygen atoms in total. The predicted octanol–water partition coefficient (Wildman–Crippen LogP) is 1.46. The highest BCUT2D eigenvalue weighted by molar-refractivity contribution is 5.87. The van der Waals surface area contributed by atoms with Crippen molar-refractivity contribution >= 4 is 17.7 Å². The molecule has 0 fully saturated rings. The van der Waals surface area contributed by atoms with E-state index in [0.717, 1.165) is 5.56 Å². The third-order valence-electron chi connectivity index (χ3n) is 1.87. The number of carbonyl (C=O) groups excluding carboxylic acids is 1.